The first-order valence-corrected chi connectivity index (χ1v) is 8.69. The van der Waals surface area contributed by atoms with E-state index in [1.807, 2.05) is 0 Å². The summed E-state index contributed by atoms with van der Waals surface area (Å²) in [6.07, 6.45) is 0. The van der Waals surface area contributed by atoms with E-state index in [0.717, 1.165) is 0 Å². The lowest BCUT2D eigenvalue weighted by molar-refractivity contribution is 1.75. The Morgan fingerprint density at radius 3 is 1.00 bits per heavy atom. The Labute approximate surface area is 165 Å². The van der Waals surface area contributed by atoms with E-state index in [-0.39, 0.29) is 30.1 Å². The minimum absolute atomic E-state index is 0.216. The van der Waals surface area contributed by atoms with Gasteiger partial charge in [0.2, 0.25) is 0 Å². The van der Waals surface area contributed by atoms with E-state index in [1.165, 1.54) is 12.1 Å². The maximum atomic E-state index is 6.35. The number of hydrogen-bond donors (Lipinski definition) is 0. The van der Waals surface area contributed by atoms with Crippen molar-refractivity contribution < 1.29 is 0 Å². The van der Waals surface area contributed by atoms with Crippen molar-refractivity contribution in [1.29, 1.82) is 0 Å². The summed E-state index contributed by atoms with van der Waals surface area (Å²) in [7, 11) is 0. The van der Waals surface area contributed by atoms with Crippen molar-refractivity contribution in [2.45, 2.75) is 0 Å². The quantitative estimate of drug-likeness (QED) is 0.235. The van der Waals surface area contributed by atoms with Crippen LogP contribution in [0.3, 0.4) is 0 Å². The van der Waals surface area contributed by atoms with Crippen molar-refractivity contribution >= 4 is 114 Å². The van der Waals surface area contributed by atoms with Gasteiger partial charge in [-0.2, -0.15) is 0 Å². The van der Waals surface area contributed by atoms with Gasteiger partial charge in [0.15, 0.2) is 0 Å². The molecule has 0 amide bonds. The third-order valence-electron chi connectivity index (χ3n) is 3.22. The molecule has 0 unspecified atom stereocenters. The molecule has 0 saturated heterocycles. The fourth-order valence-corrected chi connectivity index (χ4v) is 4.59. The highest BCUT2D eigenvalue weighted by Crippen LogP contribution is 2.51. The Hall–Kier alpha value is 0.500. The van der Waals surface area contributed by atoms with Crippen LogP contribution in [0.25, 0.3) is 21.5 Å². The molecule has 114 valence electrons. The summed E-state index contributed by atoms with van der Waals surface area (Å²) in [5.41, 5.74) is 0. The highest BCUT2D eigenvalue weighted by Gasteiger charge is 2.23. The second-order valence-corrected chi connectivity index (χ2v) is 7.58. The van der Waals surface area contributed by atoms with E-state index in [1.54, 1.807) is 0 Å². The van der Waals surface area contributed by atoms with Gasteiger partial charge >= 0.3 is 0 Å². The van der Waals surface area contributed by atoms with Crippen LogP contribution in [-0.2, 0) is 0 Å². The molecule has 0 aliphatic carbocycles. The van der Waals surface area contributed by atoms with Gasteiger partial charge in [0, 0.05) is 21.5 Å². The van der Waals surface area contributed by atoms with Crippen molar-refractivity contribution in [2.75, 3.05) is 0 Å². The van der Waals surface area contributed by atoms with E-state index >= 15 is 0 Å². The summed E-state index contributed by atoms with van der Waals surface area (Å²) in [6, 6.07) is 2.98. The molecule has 0 aliphatic rings. The molecule has 0 fully saturated rings. The third kappa shape index (κ3) is 2.44. The first-order chi connectivity index (χ1) is 10.3. The topological polar surface area (TPSA) is 0 Å². The summed E-state index contributed by atoms with van der Waals surface area (Å²) >= 11 is 50.1. The molecule has 22 heavy (non-hydrogen) atoms. The van der Waals surface area contributed by atoms with Gasteiger partial charge < -0.3 is 0 Å². The summed E-state index contributed by atoms with van der Waals surface area (Å²) < 4.78 is 0. The number of fused-ring (bicyclic) bond motifs is 3. The summed E-state index contributed by atoms with van der Waals surface area (Å²) in [5, 5.41) is 3.81. The van der Waals surface area contributed by atoms with Crippen LogP contribution >= 0.6 is 92.8 Å². The minimum atomic E-state index is 0.216. The Kier molecular flexibility index (Phi) is 4.80. The molecule has 3 rings (SSSR count). The smallest absolute Gasteiger partial charge is 0.0693 e. The number of halogens is 8. The number of rotatable bonds is 0. The zero-order valence-corrected chi connectivity index (χ0v) is 16.2. The molecule has 3 aromatic rings. The molecule has 0 saturated carbocycles. The molecule has 0 N–H and O–H groups in total. The van der Waals surface area contributed by atoms with Crippen molar-refractivity contribution in [2.24, 2.45) is 0 Å². The van der Waals surface area contributed by atoms with Crippen molar-refractivity contribution in [3.05, 3.63) is 52.3 Å². The summed E-state index contributed by atoms with van der Waals surface area (Å²) in [6.45, 7) is 0. The molecule has 3 aromatic carbocycles. The molecule has 0 spiro atoms. The number of hydrogen-bond acceptors (Lipinski definition) is 0. The van der Waals surface area contributed by atoms with E-state index < -0.39 is 0 Å². The highest BCUT2D eigenvalue weighted by molar-refractivity contribution is 6.59. The largest absolute Gasteiger partial charge is 0.0835 e. The monoisotopic (exact) mass is 450 g/mol. The van der Waals surface area contributed by atoms with Gasteiger partial charge in [0.25, 0.3) is 0 Å². The number of benzene rings is 3. The Balaban J connectivity index is 2.84. The zero-order valence-electron chi connectivity index (χ0n) is 10.2. The standard InChI is InChI=1S/C14H2Cl8/c15-3-1-5(17)11(19)9-7(3)13(21)14(22)8-4(16)2-6(18)12(20)10(8)9/h1-2H. The second kappa shape index (κ2) is 6.10. The molecule has 0 aromatic heterocycles. The molecule has 0 atom stereocenters. The molecule has 0 nitrogen and oxygen atoms in total. The van der Waals surface area contributed by atoms with Gasteiger partial charge in [-0.3, -0.25) is 0 Å². The molecule has 0 aliphatic heterocycles. The van der Waals surface area contributed by atoms with E-state index in [0.29, 0.717) is 31.6 Å². The molecule has 0 heterocycles. The van der Waals surface area contributed by atoms with Crippen LogP contribution in [0.1, 0.15) is 0 Å². The van der Waals surface area contributed by atoms with Crippen LogP contribution in [0, 0.1) is 0 Å². The Morgan fingerprint density at radius 1 is 0.364 bits per heavy atom. The van der Waals surface area contributed by atoms with Crippen LogP contribution < -0.4 is 0 Å². The SMILES string of the molecule is Clc1cc(Cl)c2c(Cl)c(Cl)c3c(Cl)cc(Cl)c(Cl)c3c2c1Cl. The predicted octanol–water partition coefficient (Wildman–Crippen LogP) is 9.22. The van der Waals surface area contributed by atoms with Crippen LogP contribution in [0.15, 0.2) is 12.1 Å². The zero-order chi connectivity index (χ0) is 16.3. The Bertz CT molecular complexity index is 882. The van der Waals surface area contributed by atoms with Gasteiger partial charge in [-0.25, -0.2) is 0 Å². The van der Waals surface area contributed by atoms with E-state index in [4.69, 9.17) is 92.8 Å². The lowest BCUT2D eigenvalue weighted by atomic mass is 10.0. The summed E-state index contributed by atoms with van der Waals surface area (Å²) in [5.74, 6) is 0. The average molecular weight is 454 g/mol. The predicted molar refractivity (Wildman–Crippen MR) is 102 cm³/mol. The van der Waals surface area contributed by atoms with Gasteiger partial charge in [-0.15, -0.1) is 0 Å². The lowest BCUT2D eigenvalue weighted by Crippen LogP contribution is -1.89. The Morgan fingerprint density at radius 2 is 0.682 bits per heavy atom. The van der Waals surface area contributed by atoms with Crippen LogP contribution in [0.2, 0.25) is 40.2 Å². The molecule has 0 bridgehead atoms. The fraction of sp³-hybridized carbons (Fsp3) is 0. The average Bonchev–Trinajstić information content (AvgIpc) is 2.44. The fourth-order valence-electron chi connectivity index (χ4n) is 2.31. The molecule has 8 heteroatoms. The molecular formula is C14H2Cl8. The lowest BCUT2D eigenvalue weighted by Gasteiger charge is -2.16. The van der Waals surface area contributed by atoms with Gasteiger partial charge in [-0.05, 0) is 12.1 Å². The normalized spacial score (nSPS) is 11.6. The first-order valence-electron chi connectivity index (χ1n) is 5.67. The van der Waals surface area contributed by atoms with Crippen LogP contribution in [-0.4, -0.2) is 0 Å². The van der Waals surface area contributed by atoms with E-state index in [9.17, 15) is 0 Å². The van der Waals surface area contributed by atoms with Crippen molar-refractivity contribution in [3.63, 3.8) is 0 Å². The van der Waals surface area contributed by atoms with Gasteiger partial charge in [0.05, 0.1) is 40.2 Å². The maximum Gasteiger partial charge on any atom is 0.0693 e. The minimum Gasteiger partial charge on any atom is -0.0835 e. The first kappa shape index (κ1) is 17.3. The van der Waals surface area contributed by atoms with E-state index in [2.05, 4.69) is 0 Å². The molecular weight excluding hydrogens is 452 g/mol. The molecule has 0 radical (unpaired) electrons. The van der Waals surface area contributed by atoms with Crippen LogP contribution in [0.5, 0.6) is 0 Å². The van der Waals surface area contributed by atoms with Crippen molar-refractivity contribution in [3.8, 4) is 0 Å². The maximum absolute atomic E-state index is 6.35. The second-order valence-electron chi connectivity index (χ2n) is 4.44. The van der Waals surface area contributed by atoms with Crippen molar-refractivity contribution in [1.82, 2.24) is 0 Å². The van der Waals surface area contributed by atoms with Gasteiger partial charge in [0.1, 0.15) is 0 Å². The third-order valence-corrected chi connectivity index (χ3v) is 6.25. The van der Waals surface area contributed by atoms with Crippen LogP contribution in [0.4, 0.5) is 0 Å². The highest BCUT2D eigenvalue weighted by atomic mass is 35.5. The summed E-state index contributed by atoms with van der Waals surface area (Å²) in [4.78, 5) is 0. The van der Waals surface area contributed by atoms with Gasteiger partial charge in [-0.1, -0.05) is 92.8 Å².